The fourth-order valence-corrected chi connectivity index (χ4v) is 2.20. The van der Waals surface area contributed by atoms with Gasteiger partial charge in [0, 0.05) is 18.0 Å². The molecule has 0 saturated carbocycles. The van der Waals surface area contributed by atoms with Gasteiger partial charge in [-0.2, -0.15) is 0 Å². The smallest absolute Gasteiger partial charge is 0.120 e. The predicted octanol–water partition coefficient (Wildman–Crippen LogP) is 2.21. The first-order valence-electron chi connectivity index (χ1n) is 6.73. The van der Waals surface area contributed by atoms with Crippen LogP contribution >= 0.6 is 11.6 Å². The van der Waals surface area contributed by atoms with E-state index in [1.807, 2.05) is 26.2 Å². The lowest BCUT2D eigenvalue weighted by atomic mass is 10.0. The van der Waals surface area contributed by atoms with E-state index in [0.29, 0.717) is 23.7 Å². The van der Waals surface area contributed by atoms with Crippen LogP contribution < -0.4 is 5.32 Å². The molecule has 4 nitrogen and oxygen atoms in total. The van der Waals surface area contributed by atoms with E-state index in [-0.39, 0.29) is 6.04 Å². The Morgan fingerprint density at radius 3 is 2.65 bits per heavy atom. The van der Waals surface area contributed by atoms with Crippen LogP contribution in [-0.2, 0) is 4.79 Å². The largest absolute Gasteiger partial charge is 0.318 e. The summed E-state index contributed by atoms with van der Waals surface area (Å²) in [6.45, 7) is 1.49. The van der Waals surface area contributed by atoms with Gasteiger partial charge in [0.2, 0.25) is 0 Å². The van der Waals surface area contributed by atoms with E-state index in [2.05, 4.69) is 10.2 Å². The van der Waals surface area contributed by atoms with Gasteiger partial charge in [-0.1, -0.05) is 23.7 Å². The highest BCUT2D eigenvalue weighted by molar-refractivity contribution is 6.30. The summed E-state index contributed by atoms with van der Waals surface area (Å²) >= 11 is 5.88. The zero-order valence-electron chi connectivity index (χ0n) is 12.0. The highest BCUT2D eigenvalue weighted by Crippen LogP contribution is 2.13. The number of hydrogen-bond acceptors (Lipinski definition) is 4. The predicted molar refractivity (Wildman–Crippen MR) is 83.9 cm³/mol. The molecule has 1 unspecified atom stereocenters. The monoisotopic (exact) mass is 295 g/mol. The Kier molecular flexibility index (Phi) is 7.44. The lowest BCUT2D eigenvalue weighted by Gasteiger charge is -2.28. The quantitative estimate of drug-likeness (QED) is 0.417. The maximum atomic E-state index is 10.4. The van der Waals surface area contributed by atoms with Crippen LogP contribution in [0.1, 0.15) is 18.4 Å². The molecule has 0 aliphatic carbocycles. The van der Waals surface area contributed by atoms with E-state index in [0.717, 1.165) is 24.8 Å². The lowest BCUT2D eigenvalue weighted by molar-refractivity contribution is -0.108. The Morgan fingerprint density at radius 1 is 1.45 bits per heavy atom. The molecular formula is C15H22ClN3O. The summed E-state index contributed by atoms with van der Waals surface area (Å²) in [6, 6.07) is 7.31. The third-order valence-electron chi connectivity index (χ3n) is 3.25. The van der Waals surface area contributed by atoms with Crippen molar-refractivity contribution in [1.82, 2.24) is 10.2 Å². The van der Waals surface area contributed by atoms with Crippen molar-refractivity contribution in [1.29, 1.82) is 5.41 Å². The van der Waals surface area contributed by atoms with Crippen LogP contribution in [0.3, 0.4) is 0 Å². The number of carbonyl (C=O) groups is 1. The molecule has 110 valence electrons. The van der Waals surface area contributed by atoms with Gasteiger partial charge in [-0.15, -0.1) is 0 Å². The molecule has 1 rings (SSSR count). The van der Waals surface area contributed by atoms with Crippen LogP contribution in [0.4, 0.5) is 0 Å². The molecule has 2 N–H and O–H groups in total. The molecule has 0 aliphatic heterocycles. The van der Waals surface area contributed by atoms with Crippen LogP contribution in [0.15, 0.2) is 24.3 Å². The number of nitrogens with one attached hydrogen (secondary N) is 2. The first-order valence-corrected chi connectivity index (χ1v) is 7.10. The standard InChI is InChI=1S/C15H22ClN3O/c1-18-11-14(19(2)9-3-4-10-20)15(17)12-5-7-13(16)8-6-12/h5-8,10,14,17-18H,3-4,9,11H2,1-2H3. The Hall–Kier alpha value is -1.23. The molecule has 0 radical (unpaired) electrons. The number of halogens is 1. The average Bonchev–Trinajstić information content (AvgIpc) is 2.45. The van der Waals surface area contributed by atoms with E-state index in [9.17, 15) is 4.79 Å². The van der Waals surface area contributed by atoms with Gasteiger partial charge in [0.25, 0.3) is 0 Å². The zero-order chi connectivity index (χ0) is 15.0. The third kappa shape index (κ3) is 5.04. The van der Waals surface area contributed by atoms with Gasteiger partial charge in [-0.05, 0) is 44.8 Å². The second-order valence-corrected chi connectivity index (χ2v) is 5.22. The number of benzene rings is 1. The number of likely N-dealkylation sites (N-methyl/N-ethyl adjacent to an activating group) is 2. The Bertz CT molecular complexity index is 433. The number of aldehydes is 1. The van der Waals surface area contributed by atoms with Gasteiger partial charge in [0.1, 0.15) is 6.29 Å². The van der Waals surface area contributed by atoms with Gasteiger partial charge in [0.05, 0.1) is 11.8 Å². The summed E-state index contributed by atoms with van der Waals surface area (Å²) in [4.78, 5) is 12.5. The fraction of sp³-hybridized carbons (Fsp3) is 0.467. The number of rotatable bonds is 9. The van der Waals surface area contributed by atoms with Crippen molar-refractivity contribution < 1.29 is 4.79 Å². The van der Waals surface area contributed by atoms with Crippen LogP contribution in [-0.4, -0.2) is 50.1 Å². The molecular weight excluding hydrogens is 274 g/mol. The molecule has 0 aromatic heterocycles. The number of nitrogens with zero attached hydrogens (tertiary/aromatic N) is 1. The molecule has 0 aliphatic rings. The SMILES string of the molecule is CNCC(C(=N)c1ccc(Cl)cc1)N(C)CCCC=O. The lowest BCUT2D eigenvalue weighted by Crippen LogP contribution is -2.45. The summed E-state index contributed by atoms with van der Waals surface area (Å²) in [5.41, 5.74) is 1.43. The summed E-state index contributed by atoms with van der Waals surface area (Å²) < 4.78 is 0. The Morgan fingerprint density at radius 2 is 2.10 bits per heavy atom. The molecule has 1 aromatic carbocycles. The first-order chi connectivity index (χ1) is 9.60. The fourth-order valence-electron chi connectivity index (χ4n) is 2.07. The van der Waals surface area contributed by atoms with Crippen molar-refractivity contribution in [3.8, 4) is 0 Å². The minimum Gasteiger partial charge on any atom is -0.318 e. The maximum Gasteiger partial charge on any atom is 0.120 e. The average molecular weight is 296 g/mol. The topological polar surface area (TPSA) is 56.2 Å². The third-order valence-corrected chi connectivity index (χ3v) is 3.50. The van der Waals surface area contributed by atoms with E-state index >= 15 is 0 Å². The summed E-state index contributed by atoms with van der Waals surface area (Å²) in [5.74, 6) is 0. The molecule has 1 atom stereocenters. The van der Waals surface area contributed by atoms with Crippen molar-refractivity contribution in [3.05, 3.63) is 34.9 Å². The molecule has 0 heterocycles. The molecule has 0 fully saturated rings. The number of carbonyl (C=O) groups excluding carboxylic acids is 1. The van der Waals surface area contributed by atoms with Crippen LogP contribution in [0.25, 0.3) is 0 Å². The van der Waals surface area contributed by atoms with E-state index < -0.39 is 0 Å². The van der Waals surface area contributed by atoms with Crippen molar-refractivity contribution in [2.24, 2.45) is 0 Å². The van der Waals surface area contributed by atoms with E-state index in [4.69, 9.17) is 17.0 Å². The normalized spacial score (nSPS) is 12.4. The van der Waals surface area contributed by atoms with Gasteiger partial charge < -0.3 is 15.5 Å². The summed E-state index contributed by atoms with van der Waals surface area (Å²) in [6.07, 6.45) is 2.31. The van der Waals surface area contributed by atoms with Crippen LogP contribution in [0, 0.1) is 5.41 Å². The summed E-state index contributed by atoms with van der Waals surface area (Å²) in [5, 5.41) is 12.2. The van der Waals surface area contributed by atoms with Gasteiger partial charge in [0.15, 0.2) is 0 Å². The Balaban J connectivity index is 2.75. The van der Waals surface area contributed by atoms with Crippen molar-refractivity contribution in [2.75, 3.05) is 27.2 Å². The number of unbranched alkanes of at least 4 members (excludes halogenated alkanes) is 1. The van der Waals surface area contributed by atoms with Gasteiger partial charge in [-0.25, -0.2) is 0 Å². The van der Waals surface area contributed by atoms with E-state index in [1.165, 1.54) is 0 Å². The van der Waals surface area contributed by atoms with Gasteiger partial charge in [-0.3, -0.25) is 4.90 Å². The minimum atomic E-state index is -0.0205. The van der Waals surface area contributed by atoms with Gasteiger partial charge >= 0.3 is 0 Å². The molecule has 0 spiro atoms. The van der Waals surface area contributed by atoms with Crippen molar-refractivity contribution >= 4 is 23.6 Å². The zero-order valence-corrected chi connectivity index (χ0v) is 12.8. The van der Waals surface area contributed by atoms with Crippen LogP contribution in [0.2, 0.25) is 5.02 Å². The minimum absolute atomic E-state index is 0.0205. The molecule has 5 heteroatoms. The highest BCUT2D eigenvalue weighted by Gasteiger charge is 2.20. The maximum absolute atomic E-state index is 10.4. The second kappa shape index (κ2) is 8.84. The molecule has 1 aromatic rings. The highest BCUT2D eigenvalue weighted by atomic mass is 35.5. The number of hydrogen-bond donors (Lipinski definition) is 2. The molecule has 0 saturated heterocycles. The Labute approximate surface area is 125 Å². The molecule has 0 bridgehead atoms. The first kappa shape index (κ1) is 16.8. The van der Waals surface area contributed by atoms with Crippen molar-refractivity contribution in [2.45, 2.75) is 18.9 Å². The van der Waals surface area contributed by atoms with E-state index in [1.54, 1.807) is 12.1 Å². The summed E-state index contributed by atoms with van der Waals surface area (Å²) in [7, 11) is 3.86. The van der Waals surface area contributed by atoms with Crippen molar-refractivity contribution in [3.63, 3.8) is 0 Å². The van der Waals surface area contributed by atoms with Crippen LogP contribution in [0.5, 0.6) is 0 Å². The molecule has 20 heavy (non-hydrogen) atoms. The molecule has 0 amide bonds. The second-order valence-electron chi connectivity index (χ2n) is 4.78.